The number of rotatable bonds is 0. The Balaban J connectivity index is 2.69. The van der Waals surface area contributed by atoms with Gasteiger partial charge < -0.3 is 5.11 Å². The SMILES string of the molecule is Cc1ccc2c(O)c3c(=O)[nH][nH]c(=O)c3nc2c1. The van der Waals surface area contributed by atoms with Gasteiger partial charge in [0.1, 0.15) is 16.7 Å². The predicted octanol–water partition coefficient (Wildman–Crippen LogP) is 0.779. The Hall–Kier alpha value is -2.63. The van der Waals surface area contributed by atoms with E-state index in [0.29, 0.717) is 10.9 Å². The predicted molar refractivity (Wildman–Crippen MR) is 66.9 cm³/mol. The second-order valence-corrected chi connectivity index (χ2v) is 4.11. The van der Waals surface area contributed by atoms with E-state index in [-0.39, 0.29) is 16.7 Å². The van der Waals surface area contributed by atoms with Crippen molar-refractivity contribution in [3.63, 3.8) is 0 Å². The Morgan fingerprint density at radius 2 is 1.89 bits per heavy atom. The van der Waals surface area contributed by atoms with Crippen LogP contribution in [0.5, 0.6) is 5.75 Å². The van der Waals surface area contributed by atoms with Gasteiger partial charge >= 0.3 is 0 Å². The summed E-state index contributed by atoms with van der Waals surface area (Å²) in [4.78, 5) is 27.4. The lowest BCUT2D eigenvalue weighted by Crippen LogP contribution is -2.20. The fraction of sp³-hybridized carbons (Fsp3) is 0.0833. The summed E-state index contributed by atoms with van der Waals surface area (Å²) in [5.41, 5.74) is 0.265. The molecule has 6 heteroatoms. The maximum atomic E-state index is 11.6. The van der Waals surface area contributed by atoms with Crippen molar-refractivity contribution in [2.45, 2.75) is 6.92 Å². The van der Waals surface area contributed by atoms with Gasteiger partial charge in [0.25, 0.3) is 11.1 Å². The van der Waals surface area contributed by atoms with Gasteiger partial charge in [-0.15, -0.1) is 0 Å². The summed E-state index contributed by atoms with van der Waals surface area (Å²) in [5.74, 6) is -0.220. The zero-order valence-electron chi connectivity index (χ0n) is 9.44. The Bertz CT molecular complexity index is 893. The summed E-state index contributed by atoms with van der Waals surface area (Å²) in [5, 5.41) is 14.8. The fourth-order valence-electron chi connectivity index (χ4n) is 1.97. The summed E-state index contributed by atoms with van der Waals surface area (Å²) in [7, 11) is 0. The molecule has 0 atom stereocenters. The first-order valence-electron chi connectivity index (χ1n) is 5.32. The maximum Gasteiger partial charge on any atom is 0.289 e. The van der Waals surface area contributed by atoms with E-state index in [1.165, 1.54) is 0 Å². The van der Waals surface area contributed by atoms with Crippen LogP contribution in [-0.2, 0) is 0 Å². The van der Waals surface area contributed by atoms with Crippen LogP contribution < -0.4 is 11.1 Å². The number of aryl methyl sites for hydroxylation is 1. The number of aromatic nitrogens is 3. The highest BCUT2D eigenvalue weighted by Gasteiger charge is 2.13. The second kappa shape index (κ2) is 3.43. The topological polar surface area (TPSA) is 98.8 Å². The van der Waals surface area contributed by atoms with E-state index in [0.717, 1.165) is 5.56 Å². The van der Waals surface area contributed by atoms with Crippen LogP contribution in [0.25, 0.3) is 21.8 Å². The average molecular weight is 243 g/mol. The van der Waals surface area contributed by atoms with Crippen LogP contribution in [0.1, 0.15) is 5.56 Å². The van der Waals surface area contributed by atoms with Gasteiger partial charge in [-0.25, -0.2) is 4.98 Å². The lowest BCUT2D eigenvalue weighted by Gasteiger charge is -2.04. The summed E-state index contributed by atoms with van der Waals surface area (Å²) >= 11 is 0. The zero-order chi connectivity index (χ0) is 12.9. The summed E-state index contributed by atoms with van der Waals surface area (Å²) in [6.07, 6.45) is 0. The van der Waals surface area contributed by atoms with Crippen molar-refractivity contribution in [2.75, 3.05) is 0 Å². The van der Waals surface area contributed by atoms with Crippen molar-refractivity contribution < 1.29 is 5.11 Å². The molecule has 3 rings (SSSR count). The van der Waals surface area contributed by atoms with E-state index in [4.69, 9.17) is 0 Å². The number of hydrogen-bond acceptors (Lipinski definition) is 4. The highest BCUT2D eigenvalue weighted by molar-refractivity contribution is 5.99. The highest BCUT2D eigenvalue weighted by atomic mass is 16.3. The summed E-state index contributed by atoms with van der Waals surface area (Å²) in [6.45, 7) is 1.88. The molecule has 90 valence electrons. The third-order valence-electron chi connectivity index (χ3n) is 2.85. The first kappa shape index (κ1) is 10.5. The van der Waals surface area contributed by atoms with Crippen molar-refractivity contribution >= 4 is 21.8 Å². The molecule has 0 spiro atoms. The van der Waals surface area contributed by atoms with Gasteiger partial charge in [-0.2, -0.15) is 0 Å². The minimum Gasteiger partial charge on any atom is -0.506 e. The van der Waals surface area contributed by atoms with Gasteiger partial charge in [-0.1, -0.05) is 6.07 Å². The number of fused-ring (bicyclic) bond motifs is 2. The second-order valence-electron chi connectivity index (χ2n) is 4.11. The van der Waals surface area contributed by atoms with Crippen molar-refractivity contribution in [3.8, 4) is 5.75 Å². The van der Waals surface area contributed by atoms with E-state index in [1.54, 1.807) is 18.2 Å². The van der Waals surface area contributed by atoms with Crippen molar-refractivity contribution in [1.82, 2.24) is 15.2 Å². The average Bonchev–Trinajstić information content (AvgIpc) is 2.33. The molecule has 2 heterocycles. The Morgan fingerprint density at radius 3 is 2.67 bits per heavy atom. The molecule has 0 fully saturated rings. The van der Waals surface area contributed by atoms with Crippen LogP contribution in [0.3, 0.4) is 0 Å². The molecule has 0 saturated carbocycles. The summed E-state index contributed by atoms with van der Waals surface area (Å²) < 4.78 is 0. The molecule has 0 unspecified atom stereocenters. The summed E-state index contributed by atoms with van der Waals surface area (Å²) in [6, 6.07) is 5.22. The molecule has 2 aromatic heterocycles. The first-order chi connectivity index (χ1) is 8.58. The van der Waals surface area contributed by atoms with E-state index in [9.17, 15) is 14.7 Å². The maximum absolute atomic E-state index is 11.6. The van der Waals surface area contributed by atoms with Gasteiger partial charge in [0.15, 0.2) is 0 Å². The van der Waals surface area contributed by atoms with Gasteiger partial charge in [-0.05, 0) is 24.6 Å². The monoisotopic (exact) mass is 243 g/mol. The standard InChI is InChI=1S/C12H9N3O3/c1-5-2-3-6-7(4-5)13-9-8(10(6)16)11(17)14-15-12(9)18/h2-4H,1H3,(H,13,16)(H,14,17)(H,15,18). The lowest BCUT2D eigenvalue weighted by molar-refractivity contribution is 0.487. The minimum absolute atomic E-state index is 0.0608. The van der Waals surface area contributed by atoms with Gasteiger partial charge in [0.05, 0.1) is 5.52 Å². The number of aromatic amines is 2. The number of H-pyrrole nitrogens is 2. The van der Waals surface area contributed by atoms with Crippen LogP contribution in [0.2, 0.25) is 0 Å². The molecule has 3 N–H and O–H groups in total. The third kappa shape index (κ3) is 1.32. The van der Waals surface area contributed by atoms with E-state index in [2.05, 4.69) is 15.2 Å². The molecule has 0 amide bonds. The fourth-order valence-corrected chi connectivity index (χ4v) is 1.97. The number of hydrogen-bond donors (Lipinski definition) is 3. The number of aromatic hydroxyl groups is 1. The first-order valence-corrected chi connectivity index (χ1v) is 5.32. The van der Waals surface area contributed by atoms with Crippen LogP contribution in [-0.4, -0.2) is 20.3 Å². The van der Waals surface area contributed by atoms with E-state index >= 15 is 0 Å². The van der Waals surface area contributed by atoms with E-state index in [1.807, 2.05) is 6.92 Å². The molecular weight excluding hydrogens is 234 g/mol. The molecule has 6 nitrogen and oxygen atoms in total. The number of nitrogens with zero attached hydrogens (tertiary/aromatic N) is 1. The minimum atomic E-state index is -0.572. The van der Waals surface area contributed by atoms with Crippen LogP contribution in [0, 0.1) is 6.92 Å². The molecule has 0 aliphatic heterocycles. The number of benzene rings is 1. The smallest absolute Gasteiger partial charge is 0.289 e. The molecule has 0 radical (unpaired) electrons. The van der Waals surface area contributed by atoms with Crippen molar-refractivity contribution in [2.24, 2.45) is 0 Å². The largest absolute Gasteiger partial charge is 0.506 e. The quantitative estimate of drug-likeness (QED) is 0.508. The van der Waals surface area contributed by atoms with Gasteiger partial charge in [0, 0.05) is 5.39 Å². The van der Waals surface area contributed by atoms with E-state index < -0.39 is 11.1 Å². The normalized spacial score (nSPS) is 11.2. The highest BCUT2D eigenvalue weighted by Crippen LogP contribution is 2.28. The van der Waals surface area contributed by atoms with Gasteiger partial charge in [0.2, 0.25) is 0 Å². The molecule has 18 heavy (non-hydrogen) atoms. The molecular formula is C12H9N3O3. The Labute approximate surface area is 99.9 Å². The van der Waals surface area contributed by atoms with Crippen LogP contribution in [0.15, 0.2) is 27.8 Å². The third-order valence-corrected chi connectivity index (χ3v) is 2.85. The molecule has 0 aliphatic carbocycles. The number of nitrogens with one attached hydrogen (secondary N) is 2. The Morgan fingerprint density at radius 1 is 1.17 bits per heavy atom. The van der Waals surface area contributed by atoms with Crippen LogP contribution >= 0.6 is 0 Å². The molecule has 3 aromatic rings. The number of pyridine rings is 1. The van der Waals surface area contributed by atoms with Gasteiger partial charge in [-0.3, -0.25) is 19.8 Å². The molecule has 0 aliphatic rings. The zero-order valence-corrected chi connectivity index (χ0v) is 9.44. The lowest BCUT2D eigenvalue weighted by atomic mass is 10.1. The van der Waals surface area contributed by atoms with Crippen molar-refractivity contribution in [3.05, 3.63) is 44.5 Å². The Kier molecular flexibility index (Phi) is 2.00. The molecule has 1 aromatic carbocycles. The molecule has 0 saturated heterocycles. The molecule has 0 bridgehead atoms. The van der Waals surface area contributed by atoms with Crippen molar-refractivity contribution in [1.29, 1.82) is 0 Å². The van der Waals surface area contributed by atoms with Crippen LogP contribution in [0.4, 0.5) is 0 Å².